The minimum atomic E-state index is -3.55. The molecular formula is C14H18ClN3O2S. The van der Waals surface area contributed by atoms with E-state index in [0.29, 0.717) is 19.0 Å². The highest BCUT2D eigenvalue weighted by molar-refractivity contribution is 7.89. The van der Waals surface area contributed by atoms with Crippen LogP contribution >= 0.6 is 11.6 Å². The van der Waals surface area contributed by atoms with E-state index >= 15 is 0 Å². The first-order chi connectivity index (χ1) is 9.98. The Morgan fingerprint density at radius 3 is 2.67 bits per heavy atom. The van der Waals surface area contributed by atoms with Crippen molar-refractivity contribution < 1.29 is 8.42 Å². The molecule has 7 heteroatoms. The first-order valence-electron chi connectivity index (χ1n) is 6.83. The minimum absolute atomic E-state index is 0.135. The highest BCUT2D eigenvalue weighted by atomic mass is 35.5. The van der Waals surface area contributed by atoms with Crippen LogP contribution in [0.5, 0.6) is 0 Å². The Bertz CT molecular complexity index is 647. The maximum Gasteiger partial charge on any atom is 0.243 e. The van der Waals surface area contributed by atoms with Crippen LogP contribution < -0.4 is 5.32 Å². The summed E-state index contributed by atoms with van der Waals surface area (Å²) in [5, 5.41) is 12.4. The largest absolute Gasteiger partial charge is 0.319 e. The molecule has 0 aliphatic carbocycles. The summed E-state index contributed by atoms with van der Waals surface area (Å²) in [7, 11) is -1.64. The molecule has 0 spiro atoms. The average molecular weight is 328 g/mol. The molecule has 114 valence electrons. The summed E-state index contributed by atoms with van der Waals surface area (Å²) in [6.07, 6.45) is 1.69. The number of benzene rings is 1. The Kier molecular flexibility index (Phi) is 5.22. The Hall–Kier alpha value is -1.13. The summed E-state index contributed by atoms with van der Waals surface area (Å²) in [4.78, 5) is 0.135. The smallest absolute Gasteiger partial charge is 0.243 e. The van der Waals surface area contributed by atoms with Gasteiger partial charge in [0.2, 0.25) is 10.0 Å². The van der Waals surface area contributed by atoms with Crippen LogP contribution in [0.25, 0.3) is 0 Å². The van der Waals surface area contributed by atoms with Crippen molar-refractivity contribution >= 4 is 21.6 Å². The van der Waals surface area contributed by atoms with Gasteiger partial charge in [0.1, 0.15) is 6.07 Å². The third kappa shape index (κ3) is 3.55. The number of hydrogen-bond donors (Lipinski definition) is 1. The predicted molar refractivity (Wildman–Crippen MR) is 81.6 cm³/mol. The van der Waals surface area contributed by atoms with Crippen molar-refractivity contribution in [2.24, 2.45) is 5.92 Å². The molecule has 1 aromatic carbocycles. The lowest BCUT2D eigenvalue weighted by atomic mass is 9.98. The van der Waals surface area contributed by atoms with E-state index in [0.717, 1.165) is 19.4 Å². The Balaban J connectivity index is 2.18. The molecule has 1 fully saturated rings. The molecule has 1 aliphatic rings. The monoisotopic (exact) mass is 327 g/mol. The summed E-state index contributed by atoms with van der Waals surface area (Å²) in [5.41, 5.74) is 0.183. The van der Waals surface area contributed by atoms with Gasteiger partial charge in [-0.2, -0.15) is 9.57 Å². The highest BCUT2D eigenvalue weighted by Crippen LogP contribution is 2.26. The van der Waals surface area contributed by atoms with Gasteiger partial charge in [0, 0.05) is 13.1 Å². The van der Waals surface area contributed by atoms with Crippen molar-refractivity contribution in [3.63, 3.8) is 0 Å². The number of halogens is 1. The van der Waals surface area contributed by atoms with Crippen LogP contribution in [0.15, 0.2) is 23.1 Å². The average Bonchev–Trinajstić information content (AvgIpc) is 2.48. The van der Waals surface area contributed by atoms with E-state index in [4.69, 9.17) is 16.9 Å². The molecule has 0 unspecified atom stereocenters. The van der Waals surface area contributed by atoms with Crippen molar-refractivity contribution in [2.45, 2.75) is 17.7 Å². The van der Waals surface area contributed by atoms with Gasteiger partial charge in [-0.3, -0.25) is 0 Å². The van der Waals surface area contributed by atoms with Gasteiger partial charge in [0.15, 0.2) is 0 Å². The van der Waals surface area contributed by atoms with Crippen molar-refractivity contribution in [1.82, 2.24) is 9.62 Å². The fourth-order valence-corrected chi connectivity index (χ4v) is 4.20. The standard InChI is InChI=1S/C14H18ClN3O2S/c1-17-10-11-4-6-18(7-5-11)21(19,20)13-2-3-14(15)12(8-13)9-16/h2-3,8,11,17H,4-7,10H2,1H3. The number of rotatable bonds is 4. The van der Waals surface area contributed by atoms with Crippen LogP contribution in [0.3, 0.4) is 0 Å². The normalized spacial score (nSPS) is 17.6. The Morgan fingerprint density at radius 1 is 1.43 bits per heavy atom. The van der Waals surface area contributed by atoms with Gasteiger partial charge in [0.05, 0.1) is 15.5 Å². The molecule has 1 N–H and O–H groups in total. The minimum Gasteiger partial charge on any atom is -0.319 e. The molecule has 0 atom stereocenters. The van der Waals surface area contributed by atoms with Crippen molar-refractivity contribution in [2.75, 3.05) is 26.7 Å². The second-order valence-electron chi connectivity index (χ2n) is 5.16. The zero-order valence-corrected chi connectivity index (χ0v) is 13.4. The zero-order valence-electron chi connectivity index (χ0n) is 11.8. The molecule has 1 aromatic rings. The number of nitrogens with one attached hydrogen (secondary N) is 1. The summed E-state index contributed by atoms with van der Waals surface area (Å²) < 4.78 is 26.7. The number of hydrogen-bond acceptors (Lipinski definition) is 4. The van der Waals surface area contributed by atoms with E-state index in [1.54, 1.807) is 0 Å². The lowest BCUT2D eigenvalue weighted by Crippen LogP contribution is -2.40. The van der Waals surface area contributed by atoms with E-state index in [-0.39, 0.29) is 15.5 Å². The van der Waals surface area contributed by atoms with E-state index < -0.39 is 10.0 Å². The zero-order chi connectivity index (χ0) is 15.5. The van der Waals surface area contributed by atoms with Crippen LogP contribution in [0.1, 0.15) is 18.4 Å². The Morgan fingerprint density at radius 2 is 2.10 bits per heavy atom. The first-order valence-corrected chi connectivity index (χ1v) is 8.65. The second-order valence-corrected chi connectivity index (χ2v) is 7.50. The lowest BCUT2D eigenvalue weighted by Gasteiger charge is -2.31. The maximum atomic E-state index is 12.6. The fourth-order valence-electron chi connectivity index (χ4n) is 2.54. The molecule has 5 nitrogen and oxygen atoms in total. The summed E-state index contributed by atoms with van der Waals surface area (Å²) in [6.45, 7) is 1.94. The third-order valence-corrected chi connectivity index (χ3v) is 5.99. The van der Waals surface area contributed by atoms with Gasteiger partial charge >= 0.3 is 0 Å². The van der Waals surface area contributed by atoms with Crippen molar-refractivity contribution in [3.05, 3.63) is 28.8 Å². The van der Waals surface area contributed by atoms with Gasteiger partial charge in [-0.05, 0) is 50.6 Å². The number of nitriles is 1. The van der Waals surface area contributed by atoms with Crippen LogP contribution in [0, 0.1) is 17.2 Å². The van der Waals surface area contributed by atoms with E-state index in [1.807, 2.05) is 13.1 Å². The van der Waals surface area contributed by atoms with Crippen LogP contribution in [-0.4, -0.2) is 39.4 Å². The van der Waals surface area contributed by atoms with Crippen LogP contribution in [0.4, 0.5) is 0 Å². The SMILES string of the molecule is CNCC1CCN(S(=O)(=O)c2ccc(Cl)c(C#N)c2)CC1. The molecule has 0 radical (unpaired) electrons. The van der Waals surface area contributed by atoms with Crippen LogP contribution in [0.2, 0.25) is 5.02 Å². The first kappa shape index (κ1) is 16.2. The molecule has 1 saturated heterocycles. The van der Waals surface area contributed by atoms with Gasteiger partial charge < -0.3 is 5.32 Å². The number of nitrogens with zero attached hydrogens (tertiary/aromatic N) is 2. The van der Waals surface area contributed by atoms with Crippen molar-refractivity contribution in [1.29, 1.82) is 5.26 Å². The topological polar surface area (TPSA) is 73.2 Å². The highest BCUT2D eigenvalue weighted by Gasteiger charge is 2.29. The lowest BCUT2D eigenvalue weighted by molar-refractivity contribution is 0.270. The third-order valence-electron chi connectivity index (χ3n) is 3.76. The van der Waals surface area contributed by atoms with E-state index in [9.17, 15) is 8.42 Å². The molecule has 2 rings (SSSR count). The second kappa shape index (κ2) is 6.75. The Labute approximate surface area is 130 Å². The summed E-state index contributed by atoms with van der Waals surface area (Å²) in [5.74, 6) is 0.515. The van der Waals surface area contributed by atoms with Crippen LogP contribution in [-0.2, 0) is 10.0 Å². The predicted octanol–water partition coefficient (Wildman–Crippen LogP) is 1.83. The molecule has 21 heavy (non-hydrogen) atoms. The molecule has 0 aromatic heterocycles. The molecule has 0 saturated carbocycles. The molecular weight excluding hydrogens is 310 g/mol. The molecule has 1 heterocycles. The molecule has 1 aliphatic heterocycles. The summed E-state index contributed by atoms with van der Waals surface area (Å²) >= 11 is 5.85. The van der Waals surface area contributed by atoms with Gasteiger partial charge in [0.25, 0.3) is 0 Å². The molecule has 0 amide bonds. The van der Waals surface area contributed by atoms with E-state index in [1.165, 1.54) is 22.5 Å². The van der Waals surface area contributed by atoms with Gasteiger partial charge in [-0.25, -0.2) is 8.42 Å². The summed E-state index contributed by atoms with van der Waals surface area (Å²) in [6, 6.07) is 6.17. The fraction of sp³-hybridized carbons (Fsp3) is 0.500. The maximum absolute atomic E-state index is 12.6. The van der Waals surface area contributed by atoms with E-state index in [2.05, 4.69) is 5.32 Å². The van der Waals surface area contributed by atoms with Gasteiger partial charge in [-0.1, -0.05) is 11.6 Å². The van der Waals surface area contributed by atoms with Gasteiger partial charge in [-0.15, -0.1) is 0 Å². The quantitative estimate of drug-likeness (QED) is 0.915. The molecule has 0 bridgehead atoms. The number of sulfonamides is 1. The van der Waals surface area contributed by atoms with Crippen molar-refractivity contribution in [3.8, 4) is 6.07 Å². The number of piperidine rings is 1.